The molecule has 0 aliphatic carbocycles. The van der Waals surface area contributed by atoms with Crippen LogP contribution in [0.25, 0.3) is 0 Å². The molecule has 0 heterocycles. The maximum Gasteiger partial charge on any atom is 4.00 e. The van der Waals surface area contributed by atoms with Gasteiger partial charge in [0.05, 0.1) is 0 Å². The molecule has 3 heteroatoms. The normalized spacial score (nSPS) is 2.57. The van der Waals surface area contributed by atoms with E-state index >= 15 is 0 Å². The van der Waals surface area contributed by atoms with Crippen LogP contribution in [0.4, 0.5) is 0 Å². The average Bonchev–Trinajstić information content (AvgIpc) is 0.918. The maximum absolute atomic E-state index is 4.26. The van der Waals surface area contributed by atoms with Crippen molar-refractivity contribution in [1.29, 1.82) is 0 Å². The van der Waals surface area contributed by atoms with Gasteiger partial charge in [-0.25, -0.2) is 12.6 Å². The Morgan fingerprint density at radius 1 is 1.14 bits per heavy atom. The van der Waals surface area contributed by atoms with Gasteiger partial charge in [0.25, 0.3) is 0 Å². The fourth-order valence-corrected chi connectivity index (χ4v) is 0. The number of rotatable bonds is 0. The first-order chi connectivity index (χ1) is 1.41. The van der Waals surface area contributed by atoms with Crippen molar-refractivity contribution in [2.45, 2.75) is 0 Å². The summed E-state index contributed by atoms with van der Waals surface area (Å²) in [5, 5.41) is 0.528. The second-order valence-electron chi connectivity index (χ2n) is 0.129. The van der Waals surface area contributed by atoms with Crippen LogP contribution in [-0.4, -0.2) is 5.08 Å². The van der Waals surface area contributed by atoms with Gasteiger partial charge in [-0.2, -0.15) is 0 Å². The first kappa shape index (κ1) is 38.4. The van der Waals surface area contributed by atoms with E-state index in [1.807, 2.05) is 0 Å². The molecule has 0 aliphatic rings. The molecule has 0 aromatic carbocycles. The minimum absolute atomic E-state index is 0. The Labute approximate surface area is 78.4 Å². The molecule has 0 nitrogen and oxygen atoms in total. The van der Waals surface area contributed by atoms with Crippen molar-refractivity contribution in [3.05, 3.63) is 22.3 Å². The molecule has 0 saturated heterocycles. The smallest absolute Gasteiger partial charge is 0.782 e. The zero-order valence-electron chi connectivity index (χ0n) is 5.06. The quantitative estimate of drug-likeness (QED) is 0.365. The van der Waals surface area contributed by atoms with E-state index in [1.54, 1.807) is 0 Å². The maximum atomic E-state index is 4.26. The van der Waals surface area contributed by atoms with E-state index in [0.29, 0.717) is 5.08 Å². The third kappa shape index (κ3) is 94.3. The Kier molecular flexibility index (Phi) is 270. The summed E-state index contributed by atoms with van der Waals surface area (Å²) in [6.07, 6.45) is 0. The second-order valence-corrected chi connectivity index (χ2v) is 1.16. The van der Waals surface area contributed by atoms with Gasteiger partial charge in [-0.15, -0.1) is 5.08 Å². The van der Waals surface area contributed by atoms with Crippen molar-refractivity contribution in [2.24, 2.45) is 0 Å². The van der Waals surface area contributed by atoms with Crippen LogP contribution in [0, 0.1) is 22.3 Å². The van der Waals surface area contributed by atoms with Crippen LogP contribution >= 0.6 is 12.6 Å². The van der Waals surface area contributed by atoms with E-state index in [0.717, 1.165) is 0 Å². The fraction of sp³-hybridized carbons (Fsp3) is 0.250. The van der Waals surface area contributed by atoms with E-state index < -0.39 is 0 Å². The Morgan fingerprint density at radius 2 is 1.14 bits per heavy atom. The van der Waals surface area contributed by atoms with Gasteiger partial charge in [0, 0.05) is 0 Å². The van der Waals surface area contributed by atoms with Gasteiger partial charge in [-0.1, -0.05) is 0 Å². The predicted molar refractivity (Wildman–Crippen MR) is 40.5 cm³/mol. The molecule has 0 fully saturated rings. The van der Waals surface area contributed by atoms with Crippen LogP contribution in [0.1, 0.15) is 0 Å². The van der Waals surface area contributed by atoms with Crippen LogP contribution in [0.3, 0.4) is 0 Å². The van der Waals surface area contributed by atoms with Gasteiger partial charge in [0.2, 0.25) is 0 Å². The molecule has 0 aromatic heterocycles. The summed E-state index contributed by atoms with van der Waals surface area (Å²) in [6.45, 7) is 0. The minimum atomic E-state index is 0. The topological polar surface area (TPSA) is 0 Å². The Balaban J connectivity index is -0.00000000333. The Morgan fingerprint density at radius 3 is 1.14 bits per heavy atom. The van der Waals surface area contributed by atoms with Crippen molar-refractivity contribution < 1.29 is 26.2 Å². The van der Waals surface area contributed by atoms with Crippen molar-refractivity contribution in [3.63, 3.8) is 0 Å². The van der Waals surface area contributed by atoms with Gasteiger partial charge in [0.15, 0.2) is 0 Å². The van der Waals surface area contributed by atoms with Crippen molar-refractivity contribution >= 4 is 25.3 Å². The van der Waals surface area contributed by atoms with Crippen molar-refractivity contribution in [1.82, 2.24) is 0 Å². The summed E-state index contributed by atoms with van der Waals surface area (Å²) < 4.78 is 0. The van der Waals surface area contributed by atoms with Crippen molar-refractivity contribution in [3.8, 4) is 0 Å². The molecule has 0 saturated carbocycles. The molecule has 0 aromatic rings. The van der Waals surface area contributed by atoms with E-state index in [9.17, 15) is 0 Å². The van der Waals surface area contributed by atoms with Crippen LogP contribution in [0.2, 0.25) is 0 Å². The van der Waals surface area contributed by atoms with Gasteiger partial charge >= 0.3 is 26.2 Å². The molecular weight excluding hydrogens is 203 g/mol. The van der Waals surface area contributed by atoms with E-state index in [-0.39, 0.29) is 48.5 Å². The first-order valence-electron chi connectivity index (χ1n) is 0.605. The molecule has 0 aliphatic heterocycles. The van der Waals surface area contributed by atoms with Gasteiger partial charge in [-0.3, -0.25) is 0 Å². The third-order valence-electron chi connectivity index (χ3n) is 0. The SMILES string of the molecule is [CH3-].[CH3-].[CH3-].[S-]CS.[Zr+4]. The van der Waals surface area contributed by atoms with Crippen LogP contribution in [-0.2, 0) is 38.8 Å². The van der Waals surface area contributed by atoms with E-state index in [4.69, 9.17) is 0 Å². The van der Waals surface area contributed by atoms with Gasteiger partial charge in [0.1, 0.15) is 0 Å². The molecule has 7 heavy (non-hydrogen) atoms. The van der Waals surface area contributed by atoms with Gasteiger partial charge < -0.3 is 34.9 Å². The zero-order chi connectivity index (χ0) is 2.71. The summed E-state index contributed by atoms with van der Waals surface area (Å²) in [5.41, 5.74) is 0. The van der Waals surface area contributed by atoms with Crippen LogP contribution in [0.5, 0.6) is 0 Å². The summed E-state index contributed by atoms with van der Waals surface area (Å²) in [7, 11) is 0. The summed E-state index contributed by atoms with van der Waals surface area (Å²) in [4.78, 5) is 0. The first-order valence-corrected chi connectivity index (χ1v) is 1.81. The third-order valence-corrected chi connectivity index (χ3v) is 0. The summed E-state index contributed by atoms with van der Waals surface area (Å²) in [5.74, 6) is 0. The predicted octanol–water partition coefficient (Wildman–Crippen LogP) is 1.77. The Hall–Kier alpha value is 1.58. The molecule has 0 radical (unpaired) electrons. The van der Waals surface area contributed by atoms with E-state index in [2.05, 4.69) is 25.3 Å². The monoisotopic (exact) mass is 214 g/mol. The molecule has 0 atom stereocenters. The molecule has 0 amide bonds. The second kappa shape index (κ2) is 49.3. The minimum Gasteiger partial charge on any atom is -0.782 e. The van der Waals surface area contributed by atoms with E-state index in [1.165, 1.54) is 0 Å². The summed E-state index contributed by atoms with van der Waals surface area (Å²) in [6, 6.07) is 0. The number of thiol groups is 1. The molecular formula is C4H12S2Zr. The molecule has 0 rings (SSSR count). The number of hydrogen-bond acceptors (Lipinski definition) is 2. The summed E-state index contributed by atoms with van der Waals surface area (Å²) >= 11 is 7.86. The largest absolute Gasteiger partial charge is 4.00 e. The molecule has 0 spiro atoms. The number of hydrogen-bond donors (Lipinski definition) is 1. The zero-order valence-corrected chi connectivity index (χ0v) is 9.23. The van der Waals surface area contributed by atoms with Gasteiger partial charge in [-0.05, 0) is 0 Å². The van der Waals surface area contributed by atoms with Crippen LogP contribution in [0.15, 0.2) is 0 Å². The molecule has 0 bridgehead atoms. The molecule has 0 N–H and O–H groups in total. The standard InChI is InChI=1S/CH4S2.3CH3.Zr/c2-1-3;;;;/h2-3H,1H2;3*1H3;/q;3*-1;+4/p-1. The molecule has 0 unspecified atom stereocenters. The van der Waals surface area contributed by atoms with Crippen LogP contribution < -0.4 is 0 Å². The molecule has 44 valence electrons. The Bertz CT molecular complexity index is 9.65. The average molecular weight is 215 g/mol. The fourth-order valence-electron chi connectivity index (χ4n) is 0. The van der Waals surface area contributed by atoms with Crippen molar-refractivity contribution in [2.75, 3.05) is 5.08 Å².